The molecule has 122 valence electrons. The summed E-state index contributed by atoms with van der Waals surface area (Å²) in [5.74, 6) is -1.62. The first-order valence-electron chi connectivity index (χ1n) is 7.27. The third-order valence-corrected chi connectivity index (χ3v) is 3.37. The highest BCUT2D eigenvalue weighted by atomic mass is 16.4. The van der Waals surface area contributed by atoms with Crippen molar-refractivity contribution in [3.63, 3.8) is 0 Å². The molecule has 1 atom stereocenters. The fourth-order valence-electron chi connectivity index (χ4n) is 2.06. The van der Waals surface area contributed by atoms with E-state index in [1.807, 2.05) is 24.1 Å². The van der Waals surface area contributed by atoms with E-state index in [-0.39, 0.29) is 12.5 Å². The molecule has 1 amide bonds. The molecule has 0 aromatic heterocycles. The molecule has 1 unspecified atom stereocenters. The Kier molecular flexibility index (Phi) is 7.01. The van der Waals surface area contributed by atoms with Crippen LogP contribution in [0.4, 0.5) is 0 Å². The van der Waals surface area contributed by atoms with Crippen molar-refractivity contribution >= 4 is 11.9 Å². The maximum Gasteiger partial charge on any atom is 0.326 e. The van der Waals surface area contributed by atoms with Gasteiger partial charge in [0.05, 0.1) is 6.61 Å². The van der Waals surface area contributed by atoms with Crippen molar-refractivity contribution in [1.29, 1.82) is 0 Å². The van der Waals surface area contributed by atoms with E-state index in [1.54, 1.807) is 26.0 Å². The number of carboxylic acid groups (broad SMARTS) is 1. The lowest BCUT2D eigenvalue weighted by atomic mass is 10.0. The van der Waals surface area contributed by atoms with Crippen LogP contribution in [0.5, 0.6) is 0 Å². The fourth-order valence-corrected chi connectivity index (χ4v) is 2.06. The minimum Gasteiger partial charge on any atom is -0.480 e. The summed E-state index contributed by atoms with van der Waals surface area (Å²) in [6, 6.07) is 6.11. The Morgan fingerprint density at radius 3 is 2.27 bits per heavy atom. The van der Waals surface area contributed by atoms with Gasteiger partial charge in [-0.15, -0.1) is 0 Å². The van der Waals surface area contributed by atoms with E-state index >= 15 is 0 Å². The Labute approximate surface area is 130 Å². The van der Waals surface area contributed by atoms with Gasteiger partial charge < -0.3 is 15.5 Å². The molecular weight excluding hydrogens is 284 g/mol. The number of carbonyl (C=O) groups excluding carboxylic acids is 1. The van der Waals surface area contributed by atoms with E-state index in [4.69, 9.17) is 10.2 Å². The van der Waals surface area contributed by atoms with Gasteiger partial charge in [0.15, 0.2) is 0 Å². The van der Waals surface area contributed by atoms with Crippen LogP contribution < -0.4 is 5.32 Å². The Morgan fingerprint density at radius 1 is 1.23 bits per heavy atom. The first kappa shape index (κ1) is 18.1. The molecule has 6 nitrogen and oxygen atoms in total. The van der Waals surface area contributed by atoms with Crippen LogP contribution in [0, 0.1) is 5.92 Å². The molecule has 0 heterocycles. The third kappa shape index (κ3) is 5.46. The molecule has 22 heavy (non-hydrogen) atoms. The van der Waals surface area contributed by atoms with E-state index in [2.05, 4.69) is 5.32 Å². The molecule has 0 saturated carbocycles. The highest BCUT2D eigenvalue weighted by molar-refractivity contribution is 5.96. The summed E-state index contributed by atoms with van der Waals surface area (Å²) in [5.41, 5.74) is 1.45. The van der Waals surface area contributed by atoms with E-state index in [0.717, 1.165) is 5.56 Å². The van der Waals surface area contributed by atoms with Crippen molar-refractivity contribution < 1.29 is 19.8 Å². The van der Waals surface area contributed by atoms with Crippen molar-refractivity contribution in [1.82, 2.24) is 10.2 Å². The highest BCUT2D eigenvalue weighted by Gasteiger charge is 2.23. The summed E-state index contributed by atoms with van der Waals surface area (Å²) in [6.07, 6.45) is 0. The van der Waals surface area contributed by atoms with Gasteiger partial charge in [-0.1, -0.05) is 26.0 Å². The number of hydrogen-bond donors (Lipinski definition) is 3. The van der Waals surface area contributed by atoms with E-state index < -0.39 is 17.9 Å². The van der Waals surface area contributed by atoms with E-state index in [1.165, 1.54) is 0 Å². The molecule has 6 heteroatoms. The van der Waals surface area contributed by atoms with Crippen molar-refractivity contribution in [2.45, 2.75) is 26.4 Å². The van der Waals surface area contributed by atoms with Crippen LogP contribution in [0.25, 0.3) is 0 Å². The normalized spacial score (nSPS) is 12.5. The lowest BCUT2D eigenvalue weighted by molar-refractivity contribution is -0.140. The van der Waals surface area contributed by atoms with Crippen molar-refractivity contribution in [2.24, 2.45) is 5.92 Å². The second-order valence-electron chi connectivity index (χ2n) is 5.69. The van der Waals surface area contributed by atoms with E-state index in [0.29, 0.717) is 18.7 Å². The third-order valence-electron chi connectivity index (χ3n) is 3.37. The molecule has 0 aliphatic heterocycles. The average Bonchev–Trinajstić information content (AvgIpc) is 2.44. The maximum atomic E-state index is 12.1. The van der Waals surface area contributed by atoms with Gasteiger partial charge in [-0.3, -0.25) is 9.69 Å². The van der Waals surface area contributed by atoms with Crippen molar-refractivity contribution in [2.75, 3.05) is 20.2 Å². The molecule has 0 spiro atoms. The number of benzene rings is 1. The Balaban J connectivity index is 2.69. The summed E-state index contributed by atoms with van der Waals surface area (Å²) >= 11 is 0. The zero-order valence-electron chi connectivity index (χ0n) is 13.2. The number of aliphatic hydroxyl groups is 1. The average molecular weight is 308 g/mol. The number of carboxylic acids is 1. The fraction of sp³-hybridized carbons (Fsp3) is 0.500. The number of nitrogens with one attached hydrogen (secondary N) is 1. The van der Waals surface area contributed by atoms with Gasteiger partial charge in [0.1, 0.15) is 6.04 Å². The number of hydrogen-bond acceptors (Lipinski definition) is 4. The number of rotatable bonds is 8. The summed E-state index contributed by atoms with van der Waals surface area (Å²) in [4.78, 5) is 25.2. The Hall–Kier alpha value is -1.92. The number of likely N-dealkylation sites (N-methyl/N-ethyl adjacent to an activating group) is 1. The largest absolute Gasteiger partial charge is 0.480 e. The molecule has 3 N–H and O–H groups in total. The molecule has 0 radical (unpaired) electrons. The van der Waals surface area contributed by atoms with Gasteiger partial charge in [0, 0.05) is 18.7 Å². The predicted molar refractivity (Wildman–Crippen MR) is 83.6 cm³/mol. The molecule has 0 aliphatic rings. The maximum absolute atomic E-state index is 12.1. The van der Waals surface area contributed by atoms with Crippen molar-refractivity contribution in [3.05, 3.63) is 35.4 Å². The minimum atomic E-state index is -1.04. The minimum absolute atomic E-state index is 0.1000. The number of aliphatic carboxylic acids is 1. The first-order chi connectivity index (χ1) is 10.3. The number of carbonyl (C=O) groups is 2. The molecule has 1 aromatic rings. The monoisotopic (exact) mass is 308 g/mol. The molecule has 1 aromatic carbocycles. The smallest absolute Gasteiger partial charge is 0.326 e. The van der Waals surface area contributed by atoms with Crippen LogP contribution in [-0.4, -0.2) is 53.2 Å². The van der Waals surface area contributed by atoms with Crippen LogP contribution in [-0.2, 0) is 11.3 Å². The molecule has 0 aliphatic carbocycles. The quantitative estimate of drug-likeness (QED) is 0.665. The molecule has 0 fully saturated rings. The van der Waals surface area contributed by atoms with Gasteiger partial charge in [-0.05, 0) is 30.7 Å². The Morgan fingerprint density at radius 2 is 1.82 bits per heavy atom. The van der Waals surface area contributed by atoms with Crippen LogP contribution in [0.1, 0.15) is 29.8 Å². The van der Waals surface area contributed by atoms with E-state index in [9.17, 15) is 9.59 Å². The molecule has 0 saturated heterocycles. The summed E-state index contributed by atoms with van der Waals surface area (Å²) in [5, 5.41) is 20.5. The molecule has 1 rings (SSSR count). The SMILES string of the molecule is CC(C)C(NC(=O)c1ccc(CN(C)CCO)cc1)C(=O)O. The second kappa shape index (κ2) is 8.51. The summed E-state index contributed by atoms with van der Waals surface area (Å²) < 4.78 is 0. The zero-order valence-corrected chi connectivity index (χ0v) is 13.2. The first-order valence-corrected chi connectivity index (χ1v) is 7.27. The molecule has 0 bridgehead atoms. The number of nitrogens with zero attached hydrogens (tertiary/aromatic N) is 1. The van der Waals surface area contributed by atoms with Crippen LogP contribution in [0.3, 0.4) is 0 Å². The van der Waals surface area contributed by atoms with Gasteiger partial charge in [-0.25, -0.2) is 4.79 Å². The van der Waals surface area contributed by atoms with Crippen LogP contribution >= 0.6 is 0 Å². The topological polar surface area (TPSA) is 89.9 Å². The highest BCUT2D eigenvalue weighted by Crippen LogP contribution is 2.09. The lowest BCUT2D eigenvalue weighted by Crippen LogP contribution is -2.44. The number of amides is 1. The Bertz CT molecular complexity index is 499. The van der Waals surface area contributed by atoms with Crippen LogP contribution in [0.2, 0.25) is 0 Å². The predicted octanol–water partition coefficient (Wildman–Crippen LogP) is 0.950. The molecular formula is C16H24N2O4. The van der Waals surface area contributed by atoms with Gasteiger partial charge in [0.2, 0.25) is 0 Å². The van der Waals surface area contributed by atoms with Gasteiger partial charge in [0.25, 0.3) is 5.91 Å². The lowest BCUT2D eigenvalue weighted by Gasteiger charge is -2.18. The van der Waals surface area contributed by atoms with Gasteiger partial charge in [-0.2, -0.15) is 0 Å². The summed E-state index contributed by atoms with van der Waals surface area (Å²) in [7, 11) is 1.90. The van der Waals surface area contributed by atoms with Crippen LogP contribution in [0.15, 0.2) is 24.3 Å². The second-order valence-corrected chi connectivity index (χ2v) is 5.69. The van der Waals surface area contributed by atoms with Gasteiger partial charge >= 0.3 is 5.97 Å². The standard InChI is InChI=1S/C16H24N2O4/c1-11(2)14(16(21)22)17-15(20)13-6-4-12(5-7-13)10-18(3)8-9-19/h4-7,11,14,19H,8-10H2,1-3H3,(H,17,20)(H,21,22). The summed E-state index contributed by atoms with van der Waals surface area (Å²) in [6.45, 7) is 4.85. The number of aliphatic hydroxyl groups excluding tert-OH is 1. The van der Waals surface area contributed by atoms with Crippen molar-refractivity contribution in [3.8, 4) is 0 Å². The zero-order chi connectivity index (χ0) is 16.7.